The molecule has 0 aliphatic carbocycles. The van der Waals surface area contributed by atoms with E-state index in [4.69, 9.17) is 9.47 Å². The molecule has 0 N–H and O–H groups in total. The van der Waals surface area contributed by atoms with Crippen LogP contribution in [-0.2, 0) is 13.7 Å². The molecule has 0 aliphatic rings. The standard InChI is InChI=1S/C24H24N4O3/c1-16-6-5-7-22(28-24(29)27(3)25-26-28)21(16)15-31-23-14-19(9-8-17(23)2)18-10-12-20(30-4)13-11-18/h5-14H,15H2,1-4H3. The molecule has 158 valence electrons. The van der Waals surface area contributed by atoms with Crippen LogP contribution in [0.5, 0.6) is 11.5 Å². The third kappa shape index (κ3) is 4.07. The van der Waals surface area contributed by atoms with Crippen LogP contribution in [0.2, 0.25) is 0 Å². The largest absolute Gasteiger partial charge is 0.497 e. The van der Waals surface area contributed by atoms with Crippen molar-refractivity contribution in [3.8, 4) is 28.3 Å². The lowest BCUT2D eigenvalue weighted by molar-refractivity contribution is 0.303. The normalized spacial score (nSPS) is 10.8. The zero-order chi connectivity index (χ0) is 22.0. The van der Waals surface area contributed by atoms with E-state index in [1.807, 2.05) is 68.4 Å². The number of rotatable bonds is 6. The van der Waals surface area contributed by atoms with Gasteiger partial charge >= 0.3 is 5.69 Å². The number of tetrazole rings is 1. The average molecular weight is 416 g/mol. The van der Waals surface area contributed by atoms with E-state index in [0.29, 0.717) is 12.3 Å². The highest BCUT2D eigenvalue weighted by molar-refractivity contribution is 5.66. The molecule has 31 heavy (non-hydrogen) atoms. The summed E-state index contributed by atoms with van der Waals surface area (Å²) >= 11 is 0. The van der Waals surface area contributed by atoms with Gasteiger partial charge in [-0.15, -0.1) is 0 Å². The smallest absolute Gasteiger partial charge is 0.368 e. The highest BCUT2D eigenvalue weighted by Crippen LogP contribution is 2.29. The SMILES string of the molecule is COc1ccc(-c2ccc(C)c(OCc3c(C)cccc3-n3nnn(C)c3=O)c2)cc1. The molecule has 0 unspecified atom stereocenters. The molecule has 0 spiro atoms. The fraction of sp³-hybridized carbons (Fsp3) is 0.208. The minimum absolute atomic E-state index is 0.301. The molecule has 4 aromatic rings. The van der Waals surface area contributed by atoms with Crippen LogP contribution in [0.4, 0.5) is 0 Å². The van der Waals surface area contributed by atoms with Gasteiger partial charge in [0.25, 0.3) is 0 Å². The Labute approximate surface area is 180 Å². The van der Waals surface area contributed by atoms with Gasteiger partial charge in [0.05, 0.1) is 12.8 Å². The van der Waals surface area contributed by atoms with Crippen molar-refractivity contribution in [1.82, 2.24) is 19.8 Å². The maximum atomic E-state index is 12.4. The zero-order valence-electron chi connectivity index (χ0n) is 18.0. The second-order valence-electron chi connectivity index (χ2n) is 7.37. The van der Waals surface area contributed by atoms with Crippen molar-refractivity contribution >= 4 is 0 Å². The summed E-state index contributed by atoms with van der Waals surface area (Å²) in [4.78, 5) is 12.4. The first-order chi connectivity index (χ1) is 15.0. The number of ether oxygens (including phenoxy) is 2. The maximum absolute atomic E-state index is 12.4. The Morgan fingerprint density at radius 2 is 1.65 bits per heavy atom. The van der Waals surface area contributed by atoms with Crippen LogP contribution >= 0.6 is 0 Å². The van der Waals surface area contributed by atoms with E-state index in [-0.39, 0.29) is 5.69 Å². The van der Waals surface area contributed by atoms with Gasteiger partial charge in [-0.05, 0) is 70.8 Å². The third-order valence-electron chi connectivity index (χ3n) is 5.32. The molecule has 0 aliphatic heterocycles. The number of benzene rings is 3. The molecule has 7 heteroatoms. The first kappa shape index (κ1) is 20.4. The van der Waals surface area contributed by atoms with Crippen molar-refractivity contribution in [3.63, 3.8) is 0 Å². The minimum Gasteiger partial charge on any atom is -0.497 e. The minimum atomic E-state index is -0.301. The highest BCUT2D eigenvalue weighted by atomic mass is 16.5. The number of methoxy groups -OCH3 is 1. The van der Waals surface area contributed by atoms with Crippen LogP contribution in [0, 0.1) is 13.8 Å². The summed E-state index contributed by atoms with van der Waals surface area (Å²) in [5.41, 5.74) is 5.43. The number of hydrogen-bond acceptors (Lipinski definition) is 5. The van der Waals surface area contributed by atoms with Gasteiger partial charge in [-0.3, -0.25) is 0 Å². The number of hydrogen-bond donors (Lipinski definition) is 0. The van der Waals surface area contributed by atoms with Crippen LogP contribution < -0.4 is 15.2 Å². The summed E-state index contributed by atoms with van der Waals surface area (Å²) in [6.45, 7) is 4.31. The Balaban J connectivity index is 1.64. The Bertz CT molecular complexity index is 1270. The number of aromatic nitrogens is 4. The van der Waals surface area contributed by atoms with Gasteiger partial charge < -0.3 is 9.47 Å². The van der Waals surface area contributed by atoms with Gasteiger partial charge in [0.2, 0.25) is 0 Å². The fourth-order valence-corrected chi connectivity index (χ4v) is 3.41. The van der Waals surface area contributed by atoms with Gasteiger partial charge in [0, 0.05) is 12.6 Å². The summed E-state index contributed by atoms with van der Waals surface area (Å²) < 4.78 is 14.0. The summed E-state index contributed by atoms with van der Waals surface area (Å²) in [6.07, 6.45) is 0. The topological polar surface area (TPSA) is 71.2 Å². The predicted molar refractivity (Wildman–Crippen MR) is 119 cm³/mol. The average Bonchev–Trinajstić information content (AvgIpc) is 3.12. The molecule has 7 nitrogen and oxygen atoms in total. The molecular formula is C24H24N4O3. The lowest BCUT2D eigenvalue weighted by Gasteiger charge is -2.15. The van der Waals surface area contributed by atoms with E-state index in [1.54, 1.807) is 14.2 Å². The van der Waals surface area contributed by atoms with Crippen molar-refractivity contribution < 1.29 is 9.47 Å². The molecule has 0 bridgehead atoms. The molecule has 0 radical (unpaired) electrons. The Morgan fingerprint density at radius 1 is 0.903 bits per heavy atom. The fourth-order valence-electron chi connectivity index (χ4n) is 3.41. The Morgan fingerprint density at radius 3 is 2.32 bits per heavy atom. The van der Waals surface area contributed by atoms with Gasteiger partial charge in [-0.2, -0.15) is 9.36 Å². The molecule has 1 heterocycles. The van der Waals surface area contributed by atoms with Gasteiger partial charge in [-0.1, -0.05) is 36.4 Å². The summed E-state index contributed by atoms with van der Waals surface area (Å²) in [6, 6.07) is 19.8. The molecule has 0 saturated carbocycles. The van der Waals surface area contributed by atoms with Gasteiger partial charge in [0.15, 0.2) is 0 Å². The third-order valence-corrected chi connectivity index (χ3v) is 5.32. The molecule has 0 amide bonds. The van der Waals surface area contributed by atoms with Gasteiger partial charge in [0.1, 0.15) is 18.1 Å². The summed E-state index contributed by atoms with van der Waals surface area (Å²) in [5.74, 6) is 1.60. The lowest BCUT2D eigenvalue weighted by Crippen LogP contribution is -2.23. The number of aryl methyl sites for hydroxylation is 3. The van der Waals surface area contributed by atoms with Crippen LogP contribution in [0.15, 0.2) is 65.5 Å². The first-order valence-corrected chi connectivity index (χ1v) is 9.93. The van der Waals surface area contributed by atoms with Crippen LogP contribution in [0.1, 0.15) is 16.7 Å². The van der Waals surface area contributed by atoms with Gasteiger partial charge in [-0.25, -0.2) is 4.79 Å². The maximum Gasteiger partial charge on any atom is 0.368 e. The molecule has 1 aromatic heterocycles. The molecule has 3 aromatic carbocycles. The predicted octanol–water partition coefficient (Wildman–Crippen LogP) is 3.84. The Kier molecular flexibility index (Phi) is 5.58. The second-order valence-corrected chi connectivity index (χ2v) is 7.37. The molecule has 0 fully saturated rings. The van der Waals surface area contributed by atoms with Crippen molar-refractivity contribution in [3.05, 3.63) is 87.8 Å². The molecular weight excluding hydrogens is 392 g/mol. The van der Waals surface area contributed by atoms with E-state index in [2.05, 4.69) is 16.5 Å². The second kappa shape index (κ2) is 8.47. The molecule has 0 saturated heterocycles. The highest BCUT2D eigenvalue weighted by Gasteiger charge is 2.14. The van der Waals surface area contributed by atoms with Crippen molar-refractivity contribution in [2.24, 2.45) is 7.05 Å². The zero-order valence-corrected chi connectivity index (χ0v) is 18.0. The van der Waals surface area contributed by atoms with E-state index in [1.165, 1.54) is 9.36 Å². The Hall–Kier alpha value is -3.87. The van der Waals surface area contributed by atoms with Crippen molar-refractivity contribution in [1.29, 1.82) is 0 Å². The monoisotopic (exact) mass is 416 g/mol. The summed E-state index contributed by atoms with van der Waals surface area (Å²) in [7, 11) is 3.23. The lowest BCUT2D eigenvalue weighted by atomic mass is 10.0. The van der Waals surface area contributed by atoms with Crippen LogP contribution in [0.25, 0.3) is 16.8 Å². The molecule has 4 rings (SSSR count). The van der Waals surface area contributed by atoms with Crippen LogP contribution in [-0.4, -0.2) is 26.9 Å². The van der Waals surface area contributed by atoms with Crippen LogP contribution in [0.3, 0.4) is 0 Å². The molecule has 0 atom stereocenters. The summed E-state index contributed by atoms with van der Waals surface area (Å²) in [5, 5.41) is 7.80. The van der Waals surface area contributed by atoms with Crippen molar-refractivity contribution in [2.45, 2.75) is 20.5 Å². The van der Waals surface area contributed by atoms with Crippen molar-refractivity contribution in [2.75, 3.05) is 7.11 Å². The first-order valence-electron chi connectivity index (χ1n) is 9.93. The number of nitrogens with zero attached hydrogens (tertiary/aromatic N) is 4. The van der Waals surface area contributed by atoms with E-state index >= 15 is 0 Å². The van der Waals surface area contributed by atoms with E-state index in [0.717, 1.165) is 39.3 Å². The quantitative estimate of drug-likeness (QED) is 0.478. The van der Waals surface area contributed by atoms with E-state index in [9.17, 15) is 4.79 Å². The van der Waals surface area contributed by atoms with E-state index < -0.39 is 0 Å².